The molecule has 0 saturated carbocycles. The van der Waals surface area contributed by atoms with Crippen LogP contribution >= 0.6 is 11.3 Å². The highest BCUT2D eigenvalue weighted by Crippen LogP contribution is 2.31. The van der Waals surface area contributed by atoms with Crippen LogP contribution in [0.1, 0.15) is 36.1 Å². The van der Waals surface area contributed by atoms with E-state index in [1.54, 1.807) is 11.3 Å². The minimum Gasteiger partial charge on any atom is -0.367 e. The maximum atomic E-state index is 5.85. The Morgan fingerprint density at radius 3 is 3.14 bits per heavy atom. The van der Waals surface area contributed by atoms with Gasteiger partial charge in [-0.15, -0.1) is 11.3 Å². The molecule has 2 heterocycles. The average molecular weight is 212 g/mol. The van der Waals surface area contributed by atoms with Gasteiger partial charge in [0.25, 0.3) is 0 Å². The highest BCUT2D eigenvalue weighted by Gasteiger charge is 2.24. The van der Waals surface area contributed by atoms with Crippen molar-refractivity contribution in [3.63, 3.8) is 0 Å². The minimum absolute atomic E-state index is 0.183. The second kappa shape index (κ2) is 4.38. The van der Waals surface area contributed by atoms with Crippen LogP contribution in [0.4, 0.5) is 0 Å². The van der Waals surface area contributed by atoms with Crippen LogP contribution in [0.2, 0.25) is 0 Å². The Hall–Kier alpha value is -0.450. The lowest BCUT2D eigenvalue weighted by Gasteiger charge is -2.28. The van der Waals surface area contributed by atoms with Crippen molar-refractivity contribution in [3.8, 4) is 0 Å². The van der Waals surface area contributed by atoms with Gasteiger partial charge in [0.2, 0.25) is 0 Å². The summed E-state index contributed by atoms with van der Waals surface area (Å²) >= 11 is 1.68. The summed E-state index contributed by atoms with van der Waals surface area (Å²) in [7, 11) is 0. The molecule has 14 heavy (non-hydrogen) atoms. The number of ether oxygens (including phenoxy) is 1. The third-order valence-electron chi connectivity index (χ3n) is 2.58. The average Bonchev–Trinajstić information content (AvgIpc) is 2.65. The zero-order chi connectivity index (χ0) is 9.97. The smallest absolute Gasteiger partial charge is 0.101 e. The van der Waals surface area contributed by atoms with E-state index < -0.39 is 0 Å². The summed E-state index contributed by atoms with van der Waals surface area (Å²) in [5.41, 5.74) is 6.69. The fourth-order valence-corrected chi connectivity index (χ4v) is 2.47. The predicted molar refractivity (Wildman–Crippen MR) is 57.4 cm³/mol. The number of thiazole rings is 1. The van der Waals surface area contributed by atoms with Crippen molar-refractivity contribution in [2.45, 2.75) is 38.4 Å². The van der Waals surface area contributed by atoms with Gasteiger partial charge in [-0.25, -0.2) is 4.98 Å². The number of aromatic nitrogens is 1. The Labute approximate surface area is 88.3 Å². The molecular formula is C10H16N2OS. The lowest BCUT2D eigenvalue weighted by Crippen LogP contribution is -2.29. The van der Waals surface area contributed by atoms with Crippen LogP contribution in [-0.4, -0.2) is 17.6 Å². The molecule has 0 aromatic carbocycles. The zero-order valence-corrected chi connectivity index (χ0v) is 9.22. The Bertz CT molecular complexity index is 300. The van der Waals surface area contributed by atoms with Crippen LogP contribution in [0.15, 0.2) is 5.38 Å². The lowest BCUT2D eigenvalue weighted by atomic mass is 10.0. The summed E-state index contributed by atoms with van der Waals surface area (Å²) in [5.74, 6) is 0. The van der Waals surface area contributed by atoms with Gasteiger partial charge >= 0.3 is 0 Å². The maximum absolute atomic E-state index is 5.85. The predicted octanol–water partition coefficient (Wildman–Crippen LogP) is 2.02. The monoisotopic (exact) mass is 212 g/mol. The third kappa shape index (κ3) is 2.13. The number of hydrogen-bond donors (Lipinski definition) is 1. The van der Waals surface area contributed by atoms with E-state index in [0.29, 0.717) is 6.54 Å². The summed E-state index contributed by atoms with van der Waals surface area (Å²) in [6, 6.07) is 0. The molecule has 1 saturated heterocycles. The molecule has 1 aromatic rings. The summed E-state index contributed by atoms with van der Waals surface area (Å²) < 4.78 is 5.85. The second-order valence-corrected chi connectivity index (χ2v) is 4.77. The zero-order valence-electron chi connectivity index (χ0n) is 8.40. The highest BCUT2D eigenvalue weighted by molar-refractivity contribution is 7.09. The normalized spacial score (nSPS) is 27.9. The molecule has 3 nitrogen and oxygen atoms in total. The van der Waals surface area contributed by atoms with E-state index in [-0.39, 0.29) is 12.2 Å². The van der Waals surface area contributed by atoms with Crippen molar-refractivity contribution in [2.24, 2.45) is 5.73 Å². The minimum atomic E-state index is 0.183. The first-order valence-electron chi connectivity index (χ1n) is 5.07. The SMILES string of the molecule is Cc1nc(C2CCCC(CN)O2)cs1. The molecule has 0 amide bonds. The van der Waals surface area contributed by atoms with Crippen molar-refractivity contribution in [1.29, 1.82) is 0 Å². The van der Waals surface area contributed by atoms with Crippen LogP contribution < -0.4 is 5.73 Å². The van der Waals surface area contributed by atoms with Crippen LogP contribution in [-0.2, 0) is 4.74 Å². The molecule has 2 N–H and O–H groups in total. The summed E-state index contributed by atoms with van der Waals surface area (Å²) in [5, 5.41) is 3.21. The molecular weight excluding hydrogens is 196 g/mol. The molecule has 2 rings (SSSR count). The highest BCUT2D eigenvalue weighted by atomic mass is 32.1. The molecule has 1 aliphatic heterocycles. The molecule has 2 atom stereocenters. The van der Waals surface area contributed by atoms with E-state index in [0.717, 1.165) is 23.5 Å². The van der Waals surface area contributed by atoms with Gasteiger partial charge in [-0.2, -0.15) is 0 Å². The topological polar surface area (TPSA) is 48.1 Å². The first-order chi connectivity index (χ1) is 6.79. The number of nitrogens with zero attached hydrogens (tertiary/aromatic N) is 1. The molecule has 1 aromatic heterocycles. The van der Waals surface area contributed by atoms with E-state index in [2.05, 4.69) is 10.4 Å². The van der Waals surface area contributed by atoms with Crippen molar-refractivity contribution >= 4 is 11.3 Å². The van der Waals surface area contributed by atoms with Crippen LogP contribution in [0.5, 0.6) is 0 Å². The fraction of sp³-hybridized carbons (Fsp3) is 0.700. The van der Waals surface area contributed by atoms with Crippen molar-refractivity contribution in [3.05, 3.63) is 16.1 Å². The third-order valence-corrected chi connectivity index (χ3v) is 3.37. The molecule has 0 radical (unpaired) electrons. The van der Waals surface area contributed by atoms with E-state index in [4.69, 9.17) is 10.5 Å². The first kappa shape index (κ1) is 10.1. The second-order valence-electron chi connectivity index (χ2n) is 3.70. The molecule has 1 aliphatic rings. The summed E-state index contributed by atoms with van der Waals surface area (Å²) in [6.45, 7) is 2.65. The molecule has 0 spiro atoms. The standard InChI is InChI=1S/C10H16N2OS/c1-7-12-9(6-14-7)10-4-2-3-8(5-11)13-10/h6,8,10H,2-5,11H2,1H3. The van der Waals surface area contributed by atoms with Gasteiger partial charge in [0.05, 0.1) is 16.8 Å². The van der Waals surface area contributed by atoms with Crippen molar-refractivity contribution in [2.75, 3.05) is 6.54 Å². The summed E-state index contributed by atoms with van der Waals surface area (Å²) in [6.07, 6.45) is 3.79. The molecule has 78 valence electrons. The molecule has 2 unspecified atom stereocenters. The maximum Gasteiger partial charge on any atom is 0.101 e. The quantitative estimate of drug-likeness (QED) is 0.816. The van der Waals surface area contributed by atoms with Crippen LogP contribution in [0.3, 0.4) is 0 Å². The number of rotatable bonds is 2. The van der Waals surface area contributed by atoms with E-state index in [1.165, 1.54) is 6.42 Å². The van der Waals surface area contributed by atoms with Gasteiger partial charge in [-0.05, 0) is 26.2 Å². The number of nitrogens with two attached hydrogens (primary N) is 1. The fourth-order valence-electron chi connectivity index (χ4n) is 1.82. The van der Waals surface area contributed by atoms with E-state index >= 15 is 0 Å². The lowest BCUT2D eigenvalue weighted by molar-refractivity contribution is -0.0480. The Morgan fingerprint density at radius 2 is 2.50 bits per heavy atom. The number of aryl methyl sites for hydroxylation is 1. The van der Waals surface area contributed by atoms with Crippen LogP contribution in [0.25, 0.3) is 0 Å². The van der Waals surface area contributed by atoms with Gasteiger partial charge < -0.3 is 10.5 Å². The largest absolute Gasteiger partial charge is 0.367 e. The van der Waals surface area contributed by atoms with Gasteiger partial charge in [0, 0.05) is 11.9 Å². The first-order valence-corrected chi connectivity index (χ1v) is 5.95. The summed E-state index contributed by atoms with van der Waals surface area (Å²) in [4.78, 5) is 4.46. The Morgan fingerprint density at radius 1 is 1.64 bits per heavy atom. The van der Waals surface area contributed by atoms with Gasteiger partial charge in [0.1, 0.15) is 6.10 Å². The van der Waals surface area contributed by atoms with E-state index in [1.807, 2.05) is 6.92 Å². The number of hydrogen-bond acceptors (Lipinski definition) is 4. The van der Waals surface area contributed by atoms with Gasteiger partial charge in [0.15, 0.2) is 0 Å². The van der Waals surface area contributed by atoms with Crippen molar-refractivity contribution in [1.82, 2.24) is 4.98 Å². The Balaban J connectivity index is 2.04. The van der Waals surface area contributed by atoms with Gasteiger partial charge in [-0.3, -0.25) is 0 Å². The van der Waals surface area contributed by atoms with Crippen LogP contribution in [0, 0.1) is 6.92 Å². The van der Waals surface area contributed by atoms with E-state index in [9.17, 15) is 0 Å². The van der Waals surface area contributed by atoms with Crippen molar-refractivity contribution < 1.29 is 4.74 Å². The molecule has 1 fully saturated rings. The molecule has 4 heteroatoms. The molecule has 0 aliphatic carbocycles. The Kier molecular flexibility index (Phi) is 3.15. The molecule has 0 bridgehead atoms. The van der Waals surface area contributed by atoms with Gasteiger partial charge in [-0.1, -0.05) is 0 Å².